The van der Waals surface area contributed by atoms with Crippen molar-refractivity contribution in [3.8, 4) is 17.2 Å². The second-order valence-electron chi connectivity index (χ2n) is 8.13. The summed E-state index contributed by atoms with van der Waals surface area (Å²) in [5.74, 6) is 3.12. The average Bonchev–Trinajstić information content (AvgIpc) is 3.31. The monoisotopic (exact) mass is 508 g/mol. The third kappa shape index (κ3) is 4.79. The van der Waals surface area contributed by atoms with Crippen molar-refractivity contribution in [2.75, 3.05) is 63.2 Å². The van der Waals surface area contributed by atoms with Gasteiger partial charge in [0.05, 0.1) is 62.5 Å². The minimum atomic E-state index is 0.507. The molecule has 4 heterocycles. The zero-order chi connectivity index (χ0) is 25.1. The molecule has 0 radical (unpaired) electrons. The molecule has 0 bridgehead atoms. The maximum atomic E-state index is 5.48. The highest BCUT2D eigenvalue weighted by molar-refractivity contribution is 7.18. The summed E-state index contributed by atoms with van der Waals surface area (Å²) in [4.78, 5) is 16.3. The van der Waals surface area contributed by atoms with E-state index in [9.17, 15) is 0 Å². The lowest BCUT2D eigenvalue weighted by Crippen LogP contribution is -2.36. The summed E-state index contributed by atoms with van der Waals surface area (Å²) in [6, 6.07) is 7.71. The summed E-state index contributed by atoms with van der Waals surface area (Å²) in [6.07, 6.45) is 1.80. The van der Waals surface area contributed by atoms with Gasteiger partial charge in [0.25, 0.3) is 0 Å². The molecule has 1 fully saturated rings. The van der Waals surface area contributed by atoms with Gasteiger partial charge in [-0.25, -0.2) is 15.0 Å². The van der Waals surface area contributed by atoms with E-state index in [1.54, 1.807) is 38.9 Å². The first-order chi connectivity index (χ1) is 17.6. The minimum absolute atomic E-state index is 0.507. The molecule has 1 saturated heterocycles. The summed E-state index contributed by atoms with van der Waals surface area (Å²) >= 11 is 1.59. The van der Waals surface area contributed by atoms with Crippen molar-refractivity contribution in [2.24, 2.45) is 0 Å². The fourth-order valence-electron chi connectivity index (χ4n) is 4.08. The van der Waals surface area contributed by atoms with Crippen LogP contribution in [0.2, 0.25) is 0 Å². The van der Waals surface area contributed by atoms with Gasteiger partial charge in [0, 0.05) is 36.3 Å². The van der Waals surface area contributed by atoms with E-state index in [1.165, 1.54) is 0 Å². The standard InChI is InChI=1S/C25H28N6O4S/c1-15-24-22(18(14-36-24)28-17-11-19(32-2)23(34-4)20(12-17)33-3)30-25(27-15)29-16-5-6-21(26-13-16)31-7-9-35-10-8-31/h5-6,11-14,28H,7-10H2,1-4H3,(H,27,29,30). The molecule has 5 rings (SSSR count). The fraction of sp³-hybridized carbons (Fsp3) is 0.320. The number of thiophene rings is 1. The topological polar surface area (TPSA) is 103 Å². The zero-order valence-corrected chi connectivity index (χ0v) is 21.4. The number of fused-ring (bicyclic) bond motifs is 1. The Morgan fingerprint density at radius 2 is 1.69 bits per heavy atom. The number of aromatic nitrogens is 3. The van der Waals surface area contributed by atoms with E-state index in [0.717, 1.165) is 65.1 Å². The molecule has 0 amide bonds. The lowest BCUT2D eigenvalue weighted by Gasteiger charge is -2.27. The maximum absolute atomic E-state index is 5.48. The SMILES string of the molecule is COc1cc(Nc2csc3c(C)nc(Nc4ccc(N5CCOCC5)nc4)nc23)cc(OC)c1OC. The van der Waals surface area contributed by atoms with E-state index < -0.39 is 0 Å². The molecule has 3 aromatic heterocycles. The molecule has 36 heavy (non-hydrogen) atoms. The first-order valence-electron chi connectivity index (χ1n) is 11.5. The van der Waals surface area contributed by atoms with Crippen LogP contribution in [0.25, 0.3) is 10.2 Å². The molecule has 1 aliphatic rings. The van der Waals surface area contributed by atoms with E-state index in [1.807, 2.05) is 36.6 Å². The van der Waals surface area contributed by atoms with Gasteiger partial charge in [0.15, 0.2) is 11.5 Å². The molecule has 0 unspecified atom stereocenters. The van der Waals surface area contributed by atoms with Crippen LogP contribution < -0.4 is 29.7 Å². The predicted octanol–water partition coefficient (Wildman–Crippen LogP) is 4.74. The minimum Gasteiger partial charge on any atom is -0.493 e. The summed E-state index contributed by atoms with van der Waals surface area (Å²) < 4.78 is 22.8. The fourth-order valence-corrected chi connectivity index (χ4v) is 4.97. The van der Waals surface area contributed by atoms with E-state index in [-0.39, 0.29) is 0 Å². The molecule has 188 valence electrons. The van der Waals surface area contributed by atoms with Crippen molar-refractivity contribution in [1.29, 1.82) is 0 Å². The van der Waals surface area contributed by atoms with Gasteiger partial charge in [-0.1, -0.05) is 0 Å². The van der Waals surface area contributed by atoms with Crippen molar-refractivity contribution in [3.05, 3.63) is 41.5 Å². The van der Waals surface area contributed by atoms with Crippen LogP contribution in [-0.2, 0) is 4.74 Å². The number of benzene rings is 1. The Morgan fingerprint density at radius 1 is 0.944 bits per heavy atom. The van der Waals surface area contributed by atoms with E-state index >= 15 is 0 Å². The van der Waals surface area contributed by atoms with Crippen LogP contribution in [0.1, 0.15) is 5.69 Å². The summed E-state index contributed by atoms with van der Waals surface area (Å²) in [7, 11) is 4.77. The number of anilines is 5. The third-order valence-electron chi connectivity index (χ3n) is 5.87. The Labute approximate surface area is 213 Å². The number of hydrogen-bond donors (Lipinski definition) is 2. The van der Waals surface area contributed by atoms with Gasteiger partial charge in [-0.05, 0) is 19.1 Å². The number of methoxy groups -OCH3 is 3. The Kier molecular flexibility index (Phi) is 6.92. The van der Waals surface area contributed by atoms with Gasteiger partial charge >= 0.3 is 0 Å². The lowest BCUT2D eigenvalue weighted by atomic mass is 10.2. The Bertz CT molecular complexity index is 1330. The first-order valence-corrected chi connectivity index (χ1v) is 12.4. The number of nitrogens with zero attached hydrogens (tertiary/aromatic N) is 4. The summed E-state index contributed by atoms with van der Waals surface area (Å²) in [5, 5.41) is 8.76. The molecule has 4 aromatic rings. The molecular weight excluding hydrogens is 480 g/mol. The highest BCUT2D eigenvalue weighted by Crippen LogP contribution is 2.42. The Balaban J connectivity index is 1.40. The van der Waals surface area contributed by atoms with Gasteiger partial charge < -0.3 is 34.5 Å². The van der Waals surface area contributed by atoms with Crippen LogP contribution in [0, 0.1) is 6.92 Å². The van der Waals surface area contributed by atoms with Gasteiger partial charge in [0.1, 0.15) is 11.3 Å². The normalized spacial score (nSPS) is 13.5. The third-order valence-corrected chi connectivity index (χ3v) is 6.95. The molecule has 0 atom stereocenters. The molecule has 2 N–H and O–H groups in total. The van der Waals surface area contributed by atoms with Crippen LogP contribution in [0.4, 0.5) is 28.8 Å². The van der Waals surface area contributed by atoms with Crippen LogP contribution >= 0.6 is 11.3 Å². The molecular formula is C25H28N6O4S. The van der Waals surface area contributed by atoms with Gasteiger partial charge in [-0.2, -0.15) is 0 Å². The number of hydrogen-bond acceptors (Lipinski definition) is 11. The summed E-state index contributed by atoms with van der Waals surface area (Å²) in [6.45, 7) is 5.12. The molecule has 0 aliphatic carbocycles. The Morgan fingerprint density at radius 3 is 2.33 bits per heavy atom. The zero-order valence-electron chi connectivity index (χ0n) is 20.6. The smallest absolute Gasteiger partial charge is 0.228 e. The first kappa shape index (κ1) is 23.9. The van der Waals surface area contributed by atoms with Crippen LogP contribution in [0.5, 0.6) is 17.2 Å². The number of ether oxygens (including phenoxy) is 4. The van der Waals surface area contributed by atoms with Crippen LogP contribution in [0.3, 0.4) is 0 Å². The number of morpholine rings is 1. The highest BCUT2D eigenvalue weighted by Gasteiger charge is 2.17. The Hall–Kier alpha value is -3.83. The molecule has 0 saturated carbocycles. The molecule has 0 spiro atoms. The van der Waals surface area contributed by atoms with Crippen molar-refractivity contribution >= 4 is 50.4 Å². The largest absolute Gasteiger partial charge is 0.493 e. The highest BCUT2D eigenvalue weighted by atomic mass is 32.1. The molecule has 1 aromatic carbocycles. The number of pyridine rings is 1. The maximum Gasteiger partial charge on any atom is 0.228 e. The van der Waals surface area contributed by atoms with E-state index in [2.05, 4.69) is 25.5 Å². The van der Waals surface area contributed by atoms with Crippen molar-refractivity contribution in [1.82, 2.24) is 15.0 Å². The second-order valence-corrected chi connectivity index (χ2v) is 9.01. The average molecular weight is 509 g/mol. The van der Waals surface area contributed by atoms with Gasteiger partial charge in [0.2, 0.25) is 11.7 Å². The van der Waals surface area contributed by atoms with E-state index in [0.29, 0.717) is 23.2 Å². The second kappa shape index (κ2) is 10.4. The number of rotatable bonds is 8. The molecule has 1 aliphatic heterocycles. The summed E-state index contributed by atoms with van der Waals surface area (Å²) in [5.41, 5.74) is 4.18. The van der Waals surface area contributed by atoms with Crippen molar-refractivity contribution in [2.45, 2.75) is 6.92 Å². The number of aryl methyl sites for hydroxylation is 1. The van der Waals surface area contributed by atoms with Crippen LogP contribution in [-0.4, -0.2) is 62.6 Å². The van der Waals surface area contributed by atoms with Crippen molar-refractivity contribution in [3.63, 3.8) is 0 Å². The number of nitrogens with one attached hydrogen (secondary N) is 2. The van der Waals surface area contributed by atoms with E-state index in [4.69, 9.17) is 23.9 Å². The quantitative estimate of drug-likeness (QED) is 0.347. The lowest BCUT2D eigenvalue weighted by molar-refractivity contribution is 0.122. The molecule has 11 heteroatoms. The predicted molar refractivity (Wildman–Crippen MR) is 142 cm³/mol. The van der Waals surface area contributed by atoms with Gasteiger partial charge in [-0.3, -0.25) is 0 Å². The molecule has 10 nitrogen and oxygen atoms in total. The van der Waals surface area contributed by atoms with Gasteiger partial charge in [-0.15, -0.1) is 11.3 Å². The van der Waals surface area contributed by atoms with Crippen molar-refractivity contribution < 1.29 is 18.9 Å². The van der Waals surface area contributed by atoms with Crippen LogP contribution in [0.15, 0.2) is 35.8 Å².